The molecule has 0 saturated carbocycles. The highest BCUT2D eigenvalue weighted by Crippen LogP contribution is 2.22. The lowest BCUT2D eigenvalue weighted by molar-refractivity contribution is 0.0697. The Morgan fingerprint density at radius 1 is 1.15 bits per heavy atom. The van der Waals surface area contributed by atoms with Crippen molar-refractivity contribution >= 4 is 11.7 Å². The smallest absolute Gasteiger partial charge is 0.335 e. The van der Waals surface area contributed by atoms with Crippen LogP contribution in [0.4, 0.5) is 5.69 Å². The van der Waals surface area contributed by atoms with Gasteiger partial charge in [0.1, 0.15) is 0 Å². The number of benzene rings is 2. The third kappa shape index (κ3) is 3.18. The lowest BCUT2D eigenvalue weighted by Gasteiger charge is -2.22. The van der Waals surface area contributed by atoms with E-state index in [2.05, 4.69) is 36.1 Å². The van der Waals surface area contributed by atoms with Crippen LogP contribution in [0.5, 0.6) is 0 Å². The first kappa shape index (κ1) is 14.1. The highest BCUT2D eigenvalue weighted by Gasteiger charge is 2.09. The molecule has 0 unspecified atom stereocenters. The molecule has 0 spiro atoms. The van der Waals surface area contributed by atoms with Gasteiger partial charge in [0.05, 0.1) is 5.56 Å². The molecule has 3 nitrogen and oxygen atoms in total. The molecule has 0 heterocycles. The Morgan fingerprint density at radius 3 is 2.50 bits per heavy atom. The Hall–Kier alpha value is -2.29. The second-order valence-electron chi connectivity index (χ2n) is 5.15. The van der Waals surface area contributed by atoms with Crippen molar-refractivity contribution in [3.05, 3.63) is 64.7 Å². The summed E-state index contributed by atoms with van der Waals surface area (Å²) >= 11 is 0. The summed E-state index contributed by atoms with van der Waals surface area (Å²) in [6.07, 6.45) is 0. The summed E-state index contributed by atoms with van der Waals surface area (Å²) in [4.78, 5) is 13.1. The van der Waals surface area contributed by atoms with E-state index in [1.165, 1.54) is 11.1 Å². The number of carboxylic acid groups (broad SMARTS) is 1. The maximum atomic E-state index is 10.9. The summed E-state index contributed by atoms with van der Waals surface area (Å²) in [5.41, 5.74) is 4.84. The molecule has 0 fully saturated rings. The molecule has 20 heavy (non-hydrogen) atoms. The number of carboxylic acids is 1. The van der Waals surface area contributed by atoms with Gasteiger partial charge in [0.15, 0.2) is 0 Å². The molecular formula is C17H19NO2. The molecule has 0 bridgehead atoms. The predicted octanol–water partition coefficient (Wildman–Crippen LogP) is 3.64. The molecule has 0 radical (unpaired) electrons. The van der Waals surface area contributed by atoms with Gasteiger partial charge < -0.3 is 10.0 Å². The van der Waals surface area contributed by atoms with Gasteiger partial charge in [0.25, 0.3) is 0 Å². The van der Waals surface area contributed by atoms with Crippen LogP contribution in [0.1, 0.15) is 27.0 Å². The van der Waals surface area contributed by atoms with E-state index >= 15 is 0 Å². The second kappa shape index (κ2) is 5.78. The van der Waals surface area contributed by atoms with Gasteiger partial charge in [0, 0.05) is 19.3 Å². The topological polar surface area (TPSA) is 40.5 Å². The van der Waals surface area contributed by atoms with Gasteiger partial charge in [-0.15, -0.1) is 0 Å². The summed E-state index contributed by atoms with van der Waals surface area (Å²) in [6.45, 7) is 4.82. The fraction of sp³-hybridized carbons (Fsp3) is 0.235. The van der Waals surface area contributed by atoms with Crippen LogP contribution < -0.4 is 4.90 Å². The zero-order chi connectivity index (χ0) is 14.7. The predicted molar refractivity (Wildman–Crippen MR) is 81.4 cm³/mol. The van der Waals surface area contributed by atoms with Gasteiger partial charge in [-0.3, -0.25) is 0 Å². The summed E-state index contributed by atoms with van der Waals surface area (Å²) < 4.78 is 0. The fourth-order valence-corrected chi connectivity index (χ4v) is 2.39. The lowest BCUT2D eigenvalue weighted by Crippen LogP contribution is -2.17. The number of hydrogen-bond donors (Lipinski definition) is 1. The highest BCUT2D eigenvalue weighted by atomic mass is 16.4. The van der Waals surface area contributed by atoms with Crippen molar-refractivity contribution < 1.29 is 9.90 Å². The monoisotopic (exact) mass is 269 g/mol. The molecule has 1 N–H and O–H groups in total. The third-order valence-electron chi connectivity index (χ3n) is 3.36. The Bertz CT molecular complexity index is 635. The summed E-state index contributed by atoms with van der Waals surface area (Å²) in [5.74, 6) is -0.888. The van der Waals surface area contributed by atoms with E-state index in [1.807, 2.05) is 20.0 Å². The largest absolute Gasteiger partial charge is 0.478 e. The molecule has 0 amide bonds. The zero-order valence-electron chi connectivity index (χ0n) is 12.1. The molecule has 0 aliphatic carbocycles. The molecular weight excluding hydrogens is 250 g/mol. The molecule has 0 saturated heterocycles. The molecule has 3 heteroatoms. The first-order chi connectivity index (χ1) is 9.47. The maximum absolute atomic E-state index is 10.9. The van der Waals surface area contributed by atoms with Crippen LogP contribution in [-0.4, -0.2) is 18.1 Å². The quantitative estimate of drug-likeness (QED) is 0.921. The summed E-state index contributed by atoms with van der Waals surface area (Å²) in [6, 6.07) is 13.6. The minimum atomic E-state index is -0.888. The minimum absolute atomic E-state index is 0.329. The number of anilines is 1. The number of carbonyl (C=O) groups is 1. The van der Waals surface area contributed by atoms with Crippen molar-refractivity contribution in [2.24, 2.45) is 0 Å². The molecule has 0 aliphatic heterocycles. The van der Waals surface area contributed by atoms with Crippen LogP contribution in [0.2, 0.25) is 0 Å². The van der Waals surface area contributed by atoms with Gasteiger partial charge in [-0.05, 0) is 43.2 Å². The number of aromatic carboxylic acids is 1. The van der Waals surface area contributed by atoms with E-state index in [0.717, 1.165) is 17.8 Å². The standard InChI is InChI=1S/C17H19NO2/c1-12-5-4-6-14(9-12)11-18(3)16-8-7-15(17(19)20)10-13(16)2/h4-10H,11H2,1-3H3,(H,19,20). The first-order valence-corrected chi connectivity index (χ1v) is 6.58. The number of hydrogen-bond acceptors (Lipinski definition) is 2. The fourth-order valence-electron chi connectivity index (χ4n) is 2.39. The van der Waals surface area contributed by atoms with Crippen LogP contribution in [0, 0.1) is 13.8 Å². The molecule has 0 aliphatic rings. The molecule has 2 aromatic rings. The highest BCUT2D eigenvalue weighted by molar-refractivity contribution is 5.88. The third-order valence-corrected chi connectivity index (χ3v) is 3.36. The van der Waals surface area contributed by atoms with Crippen LogP contribution >= 0.6 is 0 Å². The van der Waals surface area contributed by atoms with E-state index in [0.29, 0.717) is 5.56 Å². The normalized spacial score (nSPS) is 10.3. The molecule has 2 aromatic carbocycles. The van der Waals surface area contributed by atoms with Gasteiger partial charge in [-0.1, -0.05) is 29.8 Å². The van der Waals surface area contributed by atoms with Gasteiger partial charge in [-0.25, -0.2) is 4.79 Å². The minimum Gasteiger partial charge on any atom is -0.478 e. The van der Waals surface area contributed by atoms with E-state index in [1.54, 1.807) is 12.1 Å². The van der Waals surface area contributed by atoms with Gasteiger partial charge in [0.2, 0.25) is 0 Å². The van der Waals surface area contributed by atoms with E-state index < -0.39 is 5.97 Å². The van der Waals surface area contributed by atoms with Crippen molar-refractivity contribution in [1.82, 2.24) is 0 Å². The Kier molecular flexibility index (Phi) is 4.08. The van der Waals surface area contributed by atoms with Crippen LogP contribution in [0.3, 0.4) is 0 Å². The van der Waals surface area contributed by atoms with Crippen molar-refractivity contribution in [3.63, 3.8) is 0 Å². The number of nitrogens with zero attached hydrogens (tertiary/aromatic N) is 1. The molecule has 2 rings (SSSR count). The van der Waals surface area contributed by atoms with Crippen molar-refractivity contribution in [1.29, 1.82) is 0 Å². The van der Waals surface area contributed by atoms with Crippen molar-refractivity contribution in [2.75, 3.05) is 11.9 Å². The first-order valence-electron chi connectivity index (χ1n) is 6.58. The lowest BCUT2D eigenvalue weighted by atomic mass is 10.1. The van der Waals surface area contributed by atoms with Crippen LogP contribution in [0.25, 0.3) is 0 Å². The SMILES string of the molecule is Cc1cccc(CN(C)c2ccc(C(=O)O)cc2C)c1. The van der Waals surface area contributed by atoms with Crippen LogP contribution in [-0.2, 0) is 6.54 Å². The van der Waals surface area contributed by atoms with Crippen molar-refractivity contribution in [2.45, 2.75) is 20.4 Å². The van der Waals surface area contributed by atoms with Crippen LogP contribution in [0.15, 0.2) is 42.5 Å². The molecule has 0 aromatic heterocycles. The van der Waals surface area contributed by atoms with E-state index in [9.17, 15) is 4.79 Å². The second-order valence-corrected chi connectivity index (χ2v) is 5.15. The zero-order valence-corrected chi connectivity index (χ0v) is 12.1. The molecule has 104 valence electrons. The summed E-state index contributed by atoms with van der Waals surface area (Å²) in [5, 5.41) is 8.99. The number of rotatable bonds is 4. The van der Waals surface area contributed by atoms with Gasteiger partial charge >= 0.3 is 5.97 Å². The number of aryl methyl sites for hydroxylation is 2. The Morgan fingerprint density at radius 2 is 1.90 bits per heavy atom. The molecule has 0 atom stereocenters. The Balaban J connectivity index is 2.21. The summed E-state index contributed by atoms with van der Waals surface area (Å²) in [7, 11) is 2.02. The van der Waals surface area contributed by atoms with E-state index in [-0.39, 0.29) is 0 Å². The van der Waals surface area contributed by atoms with Gasteiger partial charge in [-0.2, -0.15) is 0 Å². The average molecular weight is 269 g/mol. The van der Waals surface area contributed by atoms with Crippen molar-refractivity contribution in [3.8, 4) is 0 Å². The average Bonchev–Trinajstić information content (AvgIpc) is 2.38. The van der Waals surface area contributed by atoms with E-state index in [4.69, 9.17) is 5.11 Å². The Labute approximate surface area is 119 Å². The maximum Gasteiger partial charge on any atom is 0.335 e.